The summed E-state index contributed by atoms with van der Waals surface area (Å²) in [5.74, 6) is 1.64. The van der Waals surface area contributed by atoms with Crippen molar-refractivity contribution in [2.45, 2.75) is 25.2 Å². The summed E-state index contributed by atoms with van der Waals surface area (Å²) in [6.07, 6.45) is 4.16. The van der Waals surface area contributed by atoms with E-state index >= 15 is 0 Å². The molecule has 1 saturated carbocycles. The SMILES string of the molecule is CNCC1CCCC1c1ccccc1. The van der Waals surface area contributed by atoms with Crippen LogP contribution in [0.25, 0.3) is 0 Å². The van der Waals surface area contributed by atoms with E-state index in [0.29, 0.717) is 0 Å². The molecule has 76 valence electrons. The van der Waals surface area contributed by atoms with E-state index in [1.54, 1.807) is 0 Å². The molecule has 0 radical (unpaired) electrons. The van der Waals surface area contributed by atoms with Crippen LogP contribution in [0.1, 0.15) is 30.7 Å². The van der Waals surface area contributed by atoms with Crippen molar-refractivity contribution in [3.63, 3.8) is 0 Å². The molecule has 0 bridgehead atoms. The molecule has 1 aromatic carbocycles. The molecular formula is C13H19N. The second kappa shape index (κ2) is 4.61. The van der Waals surface area contributed by atoms with E-state index in [4.69, 9.17) is 0 Å². The first-order valence-corrected chi connectivity index (χ1v) is 5.61. The van der Waals surface area contributed by atoms with E-state index in [2.05, 4.69) is 42.7 Å². The summed E-state index contributed by atoms with van der Waals surface area (Å²) in [7, 11) is 2.06. The standard InChI is InChI=1S/C13H19N/c1-14-10-12-8-5-9-13(12)11-6-3-2-4-7-11/h2-4,6-7,12-14H,5,8-10H2,1H3. The Balaban J connectivity index is 2.10. The van der Waals surface area contributed by atoms with Crippen molar-refractivity contribution in [1.82, 2.24) is 5.32 Å². The lowest BCUT2D eigenvalue weighted by molar-refractivity contribution is 0.462. The molecular weight excluding hydrogens is 170 g/mol. The maximum Gasteiger partial charge on any atom is -0.00177 e. The number of nitrogens with one attached hydrogen (secondary N) is 1. The number of rotatable bonds is 3. The zero-order chi connectivity index (χ0) is 9.80. The molecule has 2 unspecified atom stereocenters. The van der Waals surface area contributed by atoms with Gasteiger partial charge in [-0.05, 0) is 43.8 Å². The number of hydrogen-bond acceptors (Lipinski definition) is 1. The van der Waals surface area contributed by atoms with Crippen molar-refractivity contribution in [3.05, 3.63) is 35.9 Å². The van der Waals surface area contributed by atoms with Crippen LogP contribution in [0.2, 0.25) is 0 Å². The van der Waals surface area contributed by atoms with Crippen LogP contribution in [0.4, 0.5) is 0 Å². The molecule has 0 amide bonds. The van der Waals surface area contributed by atoms with Gasteiger partial charge < -0.3 is 5.32 Å². The Kier molecular flexibility index (Phi) is 3.20. The minimum Gasteiger partial charge on any atom is -0.319 e. The first kappa shape index (κ1) is 9.72. The van der Waals surface area contributed by atoms with Gasteiger partial charge in [0.2, 0.25) is 0 Å². The second-order valence-electron chi connectivity index (χ2n) is 4.27. The Morgan fingerprint density at radius 1 is 1.21 bits per heavy atom. The number of hydrogen-bond donors (Lipinski definition) is 1. The third-order valence-electron chi connectivity index (χ3n) is 3.35. The highest BCUT2D eigenvalue weighted by Crippen LogP contribution is 2.38. The first-order chi connectivity index (χ1) is 6.92. The maximum atomic E-state index is 3.31. The number of benzene rings is 1. The highest BCUT2D eigenvalue weighted by Gasteiger charge is 2.27. The minimum absolute atomic E-state index is 0.795. The molecule has 1 N–H and O–H groups in total. The topological polar surface area (TPSA) is 12.0 Å². The van der Waals surface area contributed by atoms with Crippen LogP contribution in [0.15, 0.2) is 30.3 Å². The van der Waals surface area contributed by atoms with Gasteiger partial charge in [-0.3, -0.25) is 0 Å². The fourth-order valence-electron chi connectivity index (χ4n) is 2.68. The Hall–Kier alpha value is -0.820. The van der Waals surface area contributed by atoms with Crippen molar-refractivity contribution in [3.8, 4) is 0 Å². The molecule has 1 aliphatic carbocycles. The van der Waals surface area contributed by atoms with Gasteiger partial charge in [-0.25, -0.2) is 0 Å². The molecule has 2 atom stereocenters. The van der Waals surface area contributed by atoms with Crippen molar-refractivity contribution >= 4 is 0 Å². The van der Waals surface area contributed by atoms with Crippen LogP contribution >= 0.6 is 0 Å². The second-order valence-corrected chi connectivity index (χ2v) is 4.27. The molecule has 1 heteroatoms. The van der Waals surface area contributed by atoms with Crippen LogP contribution in [0.3, 0.4) is 0 Å². The lowest BCUT2D eigenvalue weighted by atomic mass is 9.89. The zero-order valence-electron chi connectivity index (χ0n) is 8.87. The largest absolute Gasteiger partial charge is 0.319 e. The Morgan fingerprint density at radius 3 is 2.71 bits per heavy atom. The predicted molar refractivity (Wildman–Crippen MR) is 60.5 cm³/mol. The Labute approximate surface area is 86.5 Å². The Bertz CT molecular complexity index is 268. The Morgan fingerprint density at radius 2 is 2.00 bits per heavy atom. The quantitative estimate of drug-likeness (QED) is 0.771. The zero-order valence-corrected chi connectivity index (χ0v) is 8.87. The van der Waals surface area contributed by atoms with E-state index in [9.17, 15) is 0 Å². The molecule has 1 aliphatic rings. The van der Waals surface area contributed by atoms with Crippen molar-refractivity contribution in [1.29, 1.82) is 0 Å². The van der Waals surface area contributed by atoms with Gasteiger partial charge in [0.05, 0.1) is 0 Å². The molecule has 1 aromatic rings. The van der Waals surface area contributed by atoms with Gasteiger partial charge in [0.1, 0.15) is 0 Å². The van der Waals surface area contributed by atoms with Gasteiger partial charge in [0.15, 0.2) is 0 Å². The van der Waals surface area contributed by atoms with E-state index in [0.717, 1.165) is 11.8 Å². The van der Waals surface area contributed by atoms with E-state index < -0.39 is 0 Å². The molecule has 0 spiro atoms. The van der Waals surface area contributed by atoms with Gasteiger partial charge >= 0.3 is 0 Å². The summed E-state index contributed by atoms with van der Waals surface area (Å²) in [5, 5.41) is 3.31. The monoisotopic (exact) mass is 189 g/mol. The van der Waals surface area contributed by atoms with E-state index in [1.165, 1.54) is 31.4 Å². The van der Waals surface area contributed by atoms with Crippen molar-refractivity contribution in [2.24, 2.45) is 5.92 Å². The van der Waals surface area contributed by atoms with Crippen LogP contribution in [-0.2, 0) is 0 Å². The molecule has 0 aliphatic heterocycles. The van der Waals surface area contributed by atoms with E-state index in [-0.39, 0.29) is 0 Å². The molecule has 0 heterocycles. The fraction of sp³-hybridized carbons (Fsp3) is 0.538. The maximum absolute atomic E-state index is 3.31. The fourth-order valence-corrected chi connectivity index (χ4v) is 2.68. The normalized spacial score (nSPS) is 26.6. The minimum atomic E-state index is 0.795. The van der Waals surface area contributed by atoms with Crippen LogP contribution in [-0.4, -0.2) is 13.6 Å². The summed E-state index contributed by atoms with van der Waals surface area (Å²) in [6.45, 7) is 1.17. The first-order valence-electron chi connectivity index (χ1n) is 5.61. The third kappa shape index (κ3) is 1.98. The average molecular weight is 189 g/mol. The molecule has 1 nitrogen and oxygen atoms in total. The van der Waals surface area contributed by atoms with Crippen LogP contribution in [0.5, 0.6) is 0 Å². The highest BCUT2D eigenvalue weighted by atomic mass is 14.8. The summed E-state index contributed by atoms with van der Waals surface area (Å²) in [5.41, 5.74) is 1.53. The van der Waals surface area contributed by atoms with Gasteiger partial charge in [-0.15, -0.1) is 0 Å². The summed E-state index contributed by atoms with van der Waals surface area (Å²) in [4.78, 5) is 0. The summed E-state index contributed by atoms with van der Waals surface area (Å²) in [6, 6.07) is 11.0. The molecule has 1 fully saturated rings. The summed E-state index contributed by atoms with van der Waals surface area (Å²) >= 11 is 0. The smallest absolute Gasteiger partial charge is 0.00177 e. The van der Waals surface area contributed by atoms with Crippen LogP contribution < -0.4 is 5.32 Å². The van der Waals surface area contributed by atoms with Crippen molar-refractivity contribution in [2.75, 3.05) is 13.6 Å². The predicted octanol–water partition coefficient (Wildman–Crippen LogP) is 2.79. The van der Waals surface area contributed by atoms with Crippen molar-refractivity contribution < 1.29 is 0 Å². The lowest BCUT2D eigenvalue weighted by Crippen LogP contribution is -2.20. The molecule has 14 heavy (non-hydrogen) atoms. The van der Waals surface area contributed by atoms with Gasteiger partial charge in [-0.1, -0.05) is 36.8 Å². The molecule has 0 saturated heterocycles. The molecule has 2 rings (SSSR count). The highest BCUT2D eigenvalue weighted by molar-refractivity contribution is 5.21. The third-order valence-corrected chi connectivity index (χ3v) is 3.35. The van der Waals surface area contributed by atoms with Gasteiger partial charge in [0.25, 0.3) is 0 Å². The van der Waals surface area contributed by atoms with Crippen LogP contribution in [0, 0.1) is 5.92 Å². The summed E-state index contributed by atoms with van der Waals surface area (Å²) < 4.78 is 0. The lowest BCUT2D eigenvalue weighted by Gasteiger charge is -2.19. The van der Waals surface area contributed by atoms with E-state index in [1.807, 2.05) is 0 Å². The van der Waals surface area contributed by atoms with Gasteiger partial charge in [0, 0.05) is 0 Å². The van der Waals surface area contributed by atoms with Gasteiger partial charge in [-0.2, -0.15) is 0 Å². The molecule has 0 aromatic heterocycles. The average Bonchev–Trinajstić information content (AvgIpc) is 2.68.